The van der Waals surface area contributed by atoms with Crippen molar-refractivity contribution in [3.8, 4) is 0 Å². The van der Waals surface area contributed by atoms with Gasteiger partial charge in [0.05, 0.1) is 14.7 Å². The highest BCUT2D eigenvalue weighted by Gasteiger charge is 2.46. The molecule has 0 spiro atoms. The van der Waals surface area contributed by atoms with E-state index in [4.69, 9.17) is 4.74 Å². The smallest absolute Gasteiger partial charge is 0.192 e. The van der Waals surface area contributed by atoms with E-state index < -0.39 is 13.9 Å². The van der Waals surface area contributed by atoms with Gasteiger partial charge in [0.25, 0.3) is 0 Å². The van der Waals surface area contributed by atoms with Gasteiger partial charge in [-0.1, -0.05) is 46.1 Å². The van der Waals surface area contributed by atoms with E-state index in [2.05, 4.69) is 25.3 Å². The van der Waals surface area contributed by atoms with Crippen molar-refractivity contribution in [3.63, 3.8) is 0 Å². The fourth-order valence-electron chi connectivity index (χ4n) is 2.14. The molecule has 1 atom stereocenters. The molecule has 1 unspecified atom stereocenters. The highest BCUT2D eigenvalue weighted by Crippen LogP contribution is 2.42. The van der Waals surface area contributed by atoms with Gasteiger partial charge in [0.15, 0.2) is 5.79 Å². The predicted octanol–water partition coefficient (Wildman–Crippen LogP) is 3.34. The molecular formula is C13H26O2Si. The summed E-state index contributed by atoms with van der Waals surface area (Å²) in [5.41, 5.74) is 3.14. The quantitative estimate of drug-likeness (QED) is 0.715. The van der Waals surface area contributed by atoms with Crippen LogP contribution in [0.2, 0.25) is 19.6 Å². The lowest BCUT2D eigenvalue weighted by Gasteiger charge is -2.45. The summed E-state index contributed by atoms with van der Waals surface area (Å²) in [5, 5.41) is 10.8. The first-order valence-corrected chi connectivity index (χ1v) is 9.72. The minimum Gasteiger partial charge on any atom is -0.362 e. The molecule has 16 heavy (non-hydrogen) atoms. The summed E-state index contributed by atoms with van der Waals surface area (Å²) < 4.78 is 5.70. The van der Waals surface area contributed by atoms with Crippen molar-refractivity contribution in [1.82, 2.24) is 0 Å². The fraction of sp³-hybridized carbons (Fsp3) is 0.846. The largest absolute Gasteiger partial charge is 0.362 e. The first-order chi connectivity index (χ1) is 7.06. The van der Waals surface area contributed by atoms with E-state index in [1.54, 1.807) is 0 Å². The predicted molar refractivity (Wildman–Crippen MR) is 71.0 cm³/mol. The van der Waals surface area contributed by atoms with Gasteiger partial charge in [0.2, 0.25) is 0 Å². The van der Waals surface area contributed by atoms with Crippen molar-refractivity contribution in [1.29, 1.82) is 0 Å². The lowest BCUT2D eigenvalue weighted by atomic mass is 9.78. The molecule has 0 saturated carbocycles. The van der Waals surface area contributed by atoms with Gasteiger partial charge in [-0.15, -0.1) is 0 Å². The molecule has 0 amide bonds. The monoisotopic (exact) mass is 242 g/mol. The average Bonchev–Trinajstić information content (AvgIpc) is 2.04. The van der Waals surface area contributed by atoms with Crippen molar-refractivity contribution < 1.29 is 9.84 Å². The summed E-state index contributed by atoms with van der Waals surface area (Å²) in [6, 6.07) is 0. The summed E-state index contributed by atoms with van der Waals surface area (Å²) >= 11 is 0. The van der Waals surface area contributed by atoms with Gasteiger partial charge in [-0.2, -0.15) is 0 Å². The third-order valence-electron chi connectivity index (χ3n) is 2.96. The molecule has 1 saturated heterocycles. The fourth-order valence-corrected chi connectivity index (χ4v) is 3.52. The maximum atomic E-state index is 10.8. The Morgan fingerprint density at radius 3 is 2.31 bits per heavy atom. The van der Waals surface area contributed by atoms with Crippen LogP contribution in [-0.4, -0.2) is 25.6 Å². The topological polar surface area (TPSA) is 29.5 Å². The number of hydrogen-bond acceptors (Lipinski definition) is 2. The summed E-state index contributed by atoms with van der Waals surface area (Å²) in [6.45, 7) is 13.6. The molecule has 0 aromatic carbocycles. The van der Waals surface area contributed by atoms with Crippen LogP contribution in [-0.2, 0) is 4.74 Å². The zero-order chi connectivity index (χ0) is 12.6. The third kappa shape index (κ3) is 2.96. The Labute approximate surface area is 101 Å². The molecule has 0 aromatic heterocycles. The first kappa shape index (κ1) is 13.9. The van der Waals surface area contributed by atoms with E-state index in [1.165, 1.54) is 0 Å². The van der Waals surface area contributed by atoms with Crippen LogP contribution < -0.4 is 0 Å². The zero-order valence-corrected chi connectivity index (χ0v) is 12.6. The third-order valence-corrected chi connectivity index (χ3v) is 4.17. The Morgan fingerprint density at radius 2 is 1.88 bits per heavy atom. The Hall–Kier alpha value is -0.123. The van der Waals surface area contributed by atoms with E-state index in [0.717, 1.165) is 18.4 Å². The molecule has 1 N–H and O–H groups in total. The van der Waals surface area contributed by atoms with Crippen molar-refractivity contribution >= 4 is 8.07 Å². The molecule has 3 heteroatoms. The lowest BCUT2D eigenvalue weighted by molar-refractivity contribution is -0.245. The Balaban J connectivity index is 3.10. The van der Waals surface area contributed by atoms with Crippen molar-refractivity contribution in [2.75, 3.05) is 6.61 Å². The molecule has 1 aliphatic heterocycles. The Morgan fingerprint density at radius 1 is 1.31 bits per heavy atom. The van der Waals surface area contributed by atoms with Gasteiger partial charge >= 0.3 is 0 Å². The van der Waals surface area contributed by atoms with Gasteiger partial charge in [0, 0.05) is 5.41 Å². The Bertz CT molecular complexity index is 283. The van der Waals surface area contributed by atoms with Gasteiger partial charge in [-0.25, -0.2) is 0 Å². The van der Waals surface area contributed by atoms with Crippen molar-refractivity contribution in [2.45, 2.75) is 59.0 Å². The average molecular weight is 242 g/mol. The van der Waals surface area contributed by atoms with E-state index in [9.17, 15) is 5.11 Å². The van der Waals surface area contributed by atoms with Crippen LogP contribution in [0.25, 0.3) is 0 Å². The Kier molecular flexibility index (Phi) is 3.73. The molecule has 94 valence electrons. The zero-order valence-electron chi connectivity index (χ0n) is 11.6. The van der Waals surface area contributed by atoms with E-state index >= 15 is 0 Å². The summed E-state index contributed by atoms with van der Waals surface area (Å²) in [5.74, 6) is -1.06. The van der Waals surface area contributed by atoms with Crippen LogP contribution in [0.5, 0.6) is 0 Å². The van der Waals surface area contributed by atoms with E-state index in [0.29, 0.717) is 6.61 Å². The molecule has 1 fully saturated rings. The van der Waals surface area contributed by atoms with Gasteiger partial charge in [-0.05, 0) is 18.4 Å². The molecule has 0 aromatic rings. The van der Waals surface area contributed by atoms with Crippen LogP contribution >= 0.6 is 0 Å². The van der Waals surface area contributed by atoms with Crippen LogP contribution in [0.4, 0.5) is 0 Å². The van der Waals surface area contributed by atoms with Gasteiger partial charge < -0.3 is 9.84 Å². The molecule has 0 radical (unpaired) electrons. The van der Waals surface area contributed by atoms with Crippen molar-refractivity contribution in [3.05, 3.63) is 11.3 Å². The number of hydrogen-bond donors (Lipinski definition) is 1. The highest BCUT2D eigenvalue weighted by molar-refractivity contribution is 6.81. The molecule has 0 aliphatic carbocycles. The van der Waals surface area contributed by atoms with Crippen LogP contribution in [0.1, 0.15) is 33.6 Å². The normalized spacial score (nSPS) is 30.8. The molecule has 2 nitrogen and oxygen atoms in total. The lowest BCUT2D eigenvalue weighted by Crippen LogP contribution is -2.50. The first-order valence-electron chi connectivity index (χ1n) is 6.15. The number of rotatable bonds is 1. The maximum absolute atomic E-state index is 10.8. The van der Waals surface area contributed by atoms with Gasteiger partial charge in [-0.3, -0.25) is 0 Å². The number of aliphatic hydroxyl groups is 1. The van der Waals surface area contributed by atoms with Crippen LogP contribution in [0.3, 0.4) is 0 Å². The van der Waals surface area contributed by atoms with Crippen LogP contribution in [0.15, 0.2) is 11.3 Å². The minimum absolute atomic E-state index is 0.265. The van der Waals surface area contributed by atoms with Crippen LogP contribution in [0, 0.1) is 5.41 Å². The van der Waals surface area contributed by atoms with Gasteiger partial charge in [0.1, 0.15) is 0 Å². The summed E-state index contributed by atoms with van der Waals surface area (Å²) in [7, 11) is -1.31. The molecule has 1 rings (SSSR count). The second-order valence-corrected chi connectivity index (χ2v) is 11.9. The minimum atomic E-state index is -1.31. The molecular weight excluding hydrogens is 216 g/mol. The SMILES string of the molecule is CC(C)(C)C1(O)OCCCC1=C[Si](C)(C)C. The van der Waals surface area contributed by atoms with Crippen molar-refractivity contribution in [2.24, 2.45) is 5.41 Å². The maximum Gasteiger partial charge on any atom is 0.192 e. The van der Waals surface area contributed by atoms with E-state index in [1.807, 2.05) is 20.8 Å². The summed E-state index contributed by atoms with van der Waals surface area (Å²) in [6.07, 6.45) is 1.99. The van der Waals surface area contributed by atoms with E-state index in [-0.39, 0.29) is 5.41 Å². The highest BCUT2D eigenvalue weighted by atomic mass is 28.3. The second-order valence-electron chi connectivity index (χ2n) is 6.88. The second kappa shape index (κ2) is 4.28. The summed E-state index contributed by atoms with van der Waals surface area (Å²) in [4.78, 5) is 0. The molecule has 1 heterocycles. The molecule has 0 bridgehead atoms. The number of ether oxygens (including phenoxy) is 1. The molecule has 1 aliphatic rings. The standard InChI is InChI=1S/C13H26O2Si/c1-12(2,3)13(14)11(8-7-9-15-13)10-16(4,5)6/h10,14H,7-9H2,1-6H3.